The molecule has 0 fully saturated rings. The Morgan fingerprint density at radius 1 is 0.640 bits per heavy atom. The predicted octanol–water partition coefficient (Wildman–Crippen LogP) is 5.13. The monoisotopic (exact) mass is 380 g/mol. The van der Waals surface area contributed by atoms with Gasteiger partial charge in [0, 0.05) is 6.42 Å². The fourth-order valence-corrected chi connectivity index (χ4v) is 3.47. The van der Waals surface area contributed by atoms with Crippen molar-refractivity contribution in [1.82, 2.24) is 0 Å². The minimum Gasteiger partial charge on any atom is -0.301 e. The van der Waals surface area contributed by atoms with E-state index >= 15 is 0 Å². The summed E-state index contributed by atoms with van der Waals surface area (Å²) in [6.45, 7) is 0. The third-order valence-electron chi connectivity index (χ3n) is 4.39. The van der Waals surface area contributed by atoms with Crippen molar-refractivity contribution in [2.45, 2.75) is 103 Å². The van der Waals surface area contributed by atoms with Crippen LogP contribution in [0.15, 0.2) is 0 Å². The van der Waals surface area contributed by atoms with Crippen LogP contribution in [0.2, 0.25) is 0 Å². The predicted molar refractivity (Wildman–Crippen MR) is 99.0 cm³/mol. The summed E-state index contributed by atoms with van der Waals surface area (Å²) < 4.78 is 29.7. The second-order valence-electron chi connectivity index (χ2n) is 6.80. The van der Waals surface area contributed by atoms with Crippen LogP contribution >= 0.6 is 0 Å². The van der Waals surface area contributed by atoms with Crippen LogP contribution in [0.5, 0.6) is 0 Å². The molecular weight excluding hydrogens is 344 g/mol. The van der Waals surface area contributed by atoms with Crippen molar-refractivity contribution in [3.8, 4) is 0 Å². The van der Waals surface area contributed by atoms with Gasteiger partial charge in [-0.15, -0.1) is 0 Å². The molecule has 0 aromatic carbocycles. The zero-order valence-electron chi connectivity index (χ0n) is 15.5. The molecule has 0 rings (SSSR count). The zero-order valence-corrected chi connectivity index (χ0v) is 16.3. The second-order valence-corrected chi connectivity index (χ2v) is 8.37. The Kier molecular flexibility index (Phi) is 16.3. The van der Waals surface area contributed by atoms with Crippen LogP contribution in [0.25, 0.3) is 0 Å². The van der Waals surface area contributed by atoms with Gasteiger partial charge >= 0.3 is 5.97 Å². The van der Waals surface area contributed by atoms with Gasteiger partial charge < -0.3 is 4.89 Å². The lowest BCUT2D eigenvalue weighted by molar-refractivity contribution is -0.234. The molecule has 0 saturated carbocycles. The summed E-state index contributed by atoms with van der Waals surface area (Å²) in [5, 5.41) is 8.11. The smallest absolute Gasteiger partial charge is 0.301 e. The molecule has 6 nitrogen and oxygen atoms in total. The van der Waals surface area contributed by atoms with Gasteiger partial charge in [0.25, 0.3) is 10.1 Å². The summed E-state index contributed by atoms with van der Waals surface area (Å²) in [5.74, 6) is -0.652. The van der Waals surface area contributed by atoms with Gasteiger partial charge in [0.2, 0.25) is 0 Å². The van der Waals surface area contributed by atoms with Gasteiger partial charge in [-0.25, -0.2) is 4.79 Å². The van der Waals surface area contributed by atoms with E-state index in [1.165, 1.54) is 51.4 Å². The minimum absolute atomic E-state index is 0.109. The van der Waals surface area contributed by atoms with Gasteiger partial charge in [-0.05, 0) is 12.8 Å². The molecular formula is C18H36O6S. The van der Waals surface area contributed by atoms with E-state index in [-0.39, 0.29) is 5.75 Å². The lowest BCUT2D eigenvalue weighted by Crippen LogP contribution is -2.03. The Bertz CT molecular complexity index is 408. The molecule has 0 heterocycles. The molecule has 0 bridgehead atoms. The van der Waals surface area contributed by atoms with E-state index in [4.69, 9.17) is 9.81 Å². The summed E-state index contributed by atoms with van der Waals surface area (Å²) in [6.07, 6.45) is 16.9. The molecule has 0 saturated heterocycles. The normalized spacial score (nSPS) is 11.6. The topological polar surface area (TPSA) is 101 Å². The largest absolute Gasteiger partial charge is 0.342 e. The van der Waals surface area contributed by atoms with E-state index < -0.39 is 16.1 Å². The molecule has 150 valence electrons. The first kappa shape index (κ1) is 24.3. The van der Waals surface area contributed by atoms with Crippen LogP contribution < -0.4 is 0 Å². The average molecular weight is 381 g/mol. The molecule has 0 aromatic rings. The summed E-state index contributed by atoms with van der Waals surface area (Å²) in [4.78, 5) is 14.3. The summed E-state index contributed by atoms with van der Waals surface area (Å²) in [5.41, 5.74) is 0. The van der Waals surface area contributed by atoms with Gasteiger partial charge in [-0.1, -0.05) is 83.5 Å². The highest BCUT2D eigenvalue weighted by molar-refractivity contribution is 7.85. The maximum atomic E-state index is 10.7. The van der Waals surface area contributed by atoms with Gasteiger partial charge in [0.1, 0.15) is 0 Å². The van der Waals surface area contributed by atoms with Crippen molar-refractivity contribution >= 4 is 16.1 Å². The van der Waals surface area contributed by atoms with Crippen molar-refractivity contribution in [1.29, 1.82) is 0 Å². The Morgan fingerprint density at radius 3 is 1.28 bits per heavy atom. The summed E-state index contributed by atoms with van der Waals surface area (Å²) >= 11 is 0. The van der Waals surface area contributed by atoms with Crippen LogP contribution in [0, 0.1) is 0 Å². The first-order chi connectivity index (χ1) is 12.0. The molecule has 0 unspecified atom stereocenters. The number of carbonyl (C=O) groups is 1. The van der Waals surface area contributed by atoms with Gasteiger partial charge in [0.05, 0.1) is 5.75 Å². The highest BCUT2D eigenvalue weighted by atomic mass is 32.2. The number of unbranched alkanes of at least 4 members (excludes halogenated alkanes) is 14. The molecule has 0 aliphatic heterocycles. The molecule has 7 heteroatoms. The third kappa shape index (κ3) is 21.3. The molecule has 0 spiro atoms. The van der Waals surface area contributed by atoms with Crippen molar-refractivity contribution < 1.29 is 27.9 Å². The zero-order chi connectivity index (χ0) is 18.8. The highest BCUT2D eigenvalue weighted by Crippen LogP contribution is 2.14. The first-order valence-corrected chi connectivity index (χ1v) is 11.4. The van der Waals surface area contributed by atoms with Crippen molar-refractivity contribution in [3.63, 3.8) is 0 Å². The molecule has 0 radical (unpaired) electrons. The van der Waals surface area contributed by atoms with Crippen LogP contribution in [-0.2, 0) is 19.8 Å². The molecule has 2 N–H and O–H groups in total. The maximum absolute atomic E-state index is 10.7. The van der Waals surface area contributed by atoms with Crippen molar-refractivity contribution in [3.05, 3.63) is 0 Å². The number of hydrogen-bond donors (Lipinski definition) is 2. The van der Waals surface area contributed by atoms with E-state index in [1.807, 2.05) is 0 Å². The molecule has 0 atom stereocenters. The Balaban J connectivity index is 3.08. The molecule has 0 amide bonds. The Labute approximate surface area is 153 Å². The highest BCUT2D eigenvalue weighted by Gasteiger charge is 2.03. The van der Waals surface area contributed by atoms with E-state index in [2.05, 4.69) is 4.89 Å². The molecule has 0 aromatic heterocycles. The number of carbonyl (C=O) groups excluding carboxylic acids is 1. The number of hydrogen-bond acceptors (Lipinski definition) is 5. The third-order valence-corrected chi connectivity index (χ3v) is 5.19. The van der Waals surface area contributed by atoms with Crippen molar-refractivity contribution in [2.75, 3.05) is 5.75 Å². The molecule has 0 aliphatic rings. The quantitative estimate of drug-likeness (QED) is 0.148. The Hall–Kier alpha value is -0.660. The first-order valence-electron chi connectivity index (χ1n) is 9.75. The summed E-state index contributed by atoms with van der Waals surface area (Å²) in [6, 6.07) is 0. The Morgan fingerprint density at radius 2 is 0.960 bits per heavy atom. The lowest BCUT2D eigenvalue weighted by Gasteiger charge is -2.03. The summed E-state index contributed by atoms with van der Waals surface area (Å²) in [7, 11) is -3.78. The van der Waals surface area contributed by atoms with E-state index in [0.717, 1.165) is 38.5 Å². The van der Waals surface area contributed by atoms with Gasteiger partial charge in [-0.2, -0.15) is 13.7 Å². The van der Waals surface area contributed by atoms with E-state index in [9.17, 15) is 13.2 Å². The van der Waals surface area contributed by atoms with E-state index in [0.29, 0.717) is 12.8 Å². The van der Waals surface area contributed by atoms with Crippen LogP contribution in [0.3, 0.4) is 0 Å². The number of rotatable bonds is 18. The van der Waals surface area contributed by atoms with Gasteiger partial charge in [0.15, 0.2) is 0 Å². The van der Waals surface area contributed by atoms with Crippen LogP contribution in [-0.4, -0.2) is 29.9 Å². The minimum atomic E-state index is -3.78. The SMILES string of the molecule is O=C(CCCCCCCCCCCCCCCCCS(=O)(=O)O)OO. The molecule has 0 aliphatic carbocycles. The van der Waals surface area contributed by atoms with E-state index in [1.54, 1.807) is 0 Å². The maximum Gasteiger partial charge on any atom is 0.342 e. The standard InChI is InChI=1S/C18H36O6S/c19-18(24-20)16-14-12-10-8-6-4-2-1-3-5-7-9-11-13-15-17-25(21,22)23/h20H,1-17H2,(H,21,22,23). The van der Waals surface area contributed by atoms with Crippen LogP contribution in [0.1, 0.15) is 103 Å². The fraction of sp³-hybridized carbons (Fsp3) is 0.944. The molecule has 25 heavy (non-hydrogen) atoms. The van der Waals surface area contributed by atoms with Crippen molar-refractivity contribution in [2.24, 2.45) is 0 Å². The lowest BCUT2D eigenvalue weighted by atomic mass is 10.0. The second kappa shape index (κ2) is 16.8. The fourth-order valence-electron chi connectivity index (χ4n) is 2.90. The average Bonchev–Trinajstić information content (AvgIpc) is 2.56. The van der Waals surface area contributed by atoms with Gasteiger partial charge in [-0.3, -0.25) is 4.55 Å². The van der Waals surface area contributed by atoms with Crippen LogP contribution in [0.4, 0.5) is 0 Å².